The normalized spacial score (nSPS) is 16.6. The molecule has 1 aliphatic rings. The lowest BCUT2D eigenvalue weighted by Crippen LogP contribution is -2.43. The fourth-order valence-electron chi connectivity index (χ4n) is 3.14. The van der Waals surface area contributed by atoms with Gasteiger partial charge in [0, 0.05) is 26.1 Å². The summed E-state index contributed by atoms with van der Waals surface area (Å²) in [7, 11) is 0. The van der Waals surface area contributed by atoms with Gasteiger partial charge in [-0.05, 0) is 37.1 Å². The second kappa shape index (κ2) is 11.2. The van der Waals surface area contributed by atoms with Gasteiger partial charge in [-0.25, -0.2) is 4.39 Å². The van der Waals surface area contributed by atoms with Crippen molar-refractivity contribution in [2.75, 3.05) is 39.4 Å². The fourth-order valence-corrected chi connectivity index (χ4v) is 3.14. The summed E-state index contributed by atoms with van der Waals surface area (Å²) in [5, 5.41) is 3.02. The molecule has 5 nitrogen and oxygen atoms in total. The third kappa shape index (κ3) is 7.10. The first-order chi connectivity index (χ1) is 12.2. The van der Waals surface area contributed by atoms with Crippen molar-refractivity contribution in [3.63, 3.8) is 0 Å². The molecule has 0 aromatic heterocycles. The van der Waals surface area contributed by atoms with E-state index in [-0.39, 0.29) is 17.8 Å². The summed E-state index contributed by atoms with van der Waals surface area (Å²) in [5.41, 5.74) is 6.36. The highest BCUT2D eigenvalue weighted by Crippen LogP contribution is 2.22. The Hall–Kier alpha value is -1.50. The average molecular weight is 351 g/mol. The lowest BCUT2D eigenvalue weighted by Gasteiger charge is -2.35. The second-order valence-electron chi connectivity index (χ2n) is 6.48. The number of morpholine rings is 1. The quantitative estimate of drug-likeness (QED) is 0.634. The molecule has 0 bridgehead atoms. The first kappa shape index (κ1) is 19.8. The molecule has 1 unspecified atom stereocenters. The van der Waals surface area contributed by atoms with E-state index in [0.29, 0.717) is 32.7 Å². The van der Waals surface area contributed by atoms with Crippen LogP contribution < -0.4 is 11.1 Å². The molecule has 0 aliphatic carbocycles. The van der Waals surface area contributed by atoms with E-state index < -0.39 is 0 Å². The number of halogens is 1. The third-order valence-electron chi connectivity index (χ3n) is 4.57. The molecule has 1 atom stereocenters. The smallest absolute Gasteiger partial charge is 0.220 e. The molecule has 1 aromatic rings. The number of ether oxygens (including phenoxy) is 1. The van der Waals surface area contributed by atoms with Gasteiger partial charge in [-0.1, -0.05) is 25.0 Å². The van der Waals surface area contributed by atoms with Gasteiger partial charge < -0.3 is 15.8 Å². The van der Waals surface area contributed by atoms with Crippen LogP contribution in [-0.2, 0) is 9.53 Å². The van der Waals surface area contributed by atoms with Gasteiger partial charge in [0.2, 0.25) is 5.91 Å². The first-order valence-electron chi connectivity index (χ1n) is 9.24. The lowest BCUT2D eigenvalue weighted by molar-refractivity contribution is -0.121. The van der Waals surface area contributed by atoms with E-state index in [4.69, 9.17) is 10.5 Å². The number of rotatable bonds is 10. The van der Waals surface area contributed by atoms with Crippen molar-refractivity contribution < 1.29 is 13.9 Å². The summed E-state index contributed by atoms with van der Waals surface area (Å²) in [6.45, 7) is 4.11. The summed E-state index contributed by atoms with van der Waals surface area (Å²) in [5.74, 6) is -0.190. The van der Waals surface area contributed by atoms with Crippen molar-refractivity contribution in [2.45, 2.75) is 38.1 Å². The highest BCUT2D eigenvalue weighted by atomic mass is 19.1. The Balaban J connectivity index is 1.86. The molecule has 0 spiro atoms. The zero-order chi connectivity index (χ0) is 17.9. The molecule has 3 N–H and O–H groups in total. The molecular formula is C19H30FN3O2. The van der Waals surface area contributed by atoms with Gasteiger partial charge in [-0.15, -0.1) is 0 Å². The maximum atomic E-state index is 13.6. The van der Waals surface area contributed by atoms with Gasteiger partial charge in [0.15, 0.2) is 0 Å². The Morgan fingerprint density at radius 3 is 2.72 bits per heavy atom. The zero-order valence-corrected chi connectivity index (χ0v) is 14.9. The number of nitrogens with zero attached hydrogens (tertiary/aromatic N) is 1. The number of hydrogen-bond acceptors (Lipinski definition) is 4. The van der Waals surface area contributed by atoms with E-state index in [1.807, 2.05) is 6.07 Å². The molecule has 1 fully saturated rings. The van der Waals surface area contributed by atoms with Crippen LogP contribution in [0.3, 0.4) is 0 Å². The number of carbonyl (C=O) groups is 1. The number of nitrogens with two attached hydrogens (primary N) is 1. The maximum absolute atomic E-state index is 13.6. The number of carbonyl (C=O) groups excluding carboxylic acids is 1. The van der Waals surface area contributed by atoms with Gasteiger partial charge in [-0.3, -0.25) is 9.69 Å². The topological polar surface area (TPSA) is 67.6 Å². The molecule has 25 heavy (non-hydrogen) atoms. The molecule has 1 aliphatic heterocycles. The minimum absolute atomic E-state index is 0.0270. The SMILES string of the molecule is NCCCCCCC(=O)NCC(c1cccc(F)c1)N1CCOCC1. The standard InChI is InChI=1S/C19H30FN3O2/c20-17-7-5-6-16(14-17)18(23-10-12-25-13-11-23)15-22-19(24)8-3-1-2-4-9-21/h5-7,14,18H,1-4,8-13,15,21H2,(H,22,24). The predicted molar refractivity (Wildman–Crippen MR) is 96.7 cm³/mol. The molecular weight excluding hydrogens is 321 g/mol. The summed E-state index contributed by atoms with van der Waals surface area (Å²) < 4.78 is 19.0. The molecule has 1 aromatic carbocycles. The zero-order valence-electron chi connectivity index (χ0n) is 14.9. The monoisotopic (exact) mass is 351 g/mol. The molecule has 6 heteroatoms. The third-order valence-corrected chi connectivity index (χ3v) is 4.57. The first-order valence-corrected chi connectivity index (χ1v) is 9.24. The molecule has 1 amide bonds. The molecule has 140 valence electrons. The van der Waals surface area contributed by atoms with Crippen LogP contribution in [0.2, 0.25) is 0 Å². The van der Waals surface area contributed by atoms with E-state index in [2.05, 4.69) is 10.2 Å². The summed E-state index contributed by atoms with van der Waals surface area (Å²) in [4.78, 5) is 14.4. The van der Waals surface area contributed by atoms with Gasteiger partial charge in [0.1, 0.15) is 5.82 Å². The van der Waals surface area contributed by atoms with Crippen molar-refractivity contribution in [3.05, 3.63) is 35.6 Å². The van der Waals surface area contributed by atoms with Crippen molar-refractivity contribution >= 4 is 5.91 Å². The van der Waals surface area contributed by atoms with Gasteiger partial charge >= 0.3 is 0 Å². The van der Waals surface area contributed by atoms with E-state index in [9.17, 15) is 9.18 Å². The Morgan fingerprint density at radius 2 is 2.00 bits per heavy atom. The molecule has 2 rings (SSSR count). The largest absolute Gasteiger partial charge is 0.379 e. The van der Waals surface area contributed by atoms with Crippen LogP contribution in [0, 0.1) is 5.82 Å². The average Bonchev–Trinajstić information content (AvgIpc) is 2.63. The van der Waals surface area contributed by atoms with Crippen molar-refractivity contribution in [2.24, 2.45) is 5.73 Å². The predicted octanol–water partition coefficient (Wildman–Crippen LogP) is 2.22. The Labute approximate surface area is 149 Å². The van der Waals surface area contributed by atoms with E-state index in [1.165, 1.54) is 6.07 Å². The van der Waals surface area contributed by atoms with E-state index in [1.54, 1.807) is 12.1 Å². The van der Waals surface area contributed by atoms with Crippen molar-refractivity contribution in [1.82, 2.24) is 10.2 Å². The summed E-state index contributed by atoms with van der Waals surface area (Å²) >= 11 is 0. The fraction of sp³-hybridized carbons (Fsp3) is 0.632. The van der Waals surface area contributed by atoms with E-state index >= 15 is 0 Å². The Bertz CT molecular complexity index is 521. The van der Waals surface area contributed by atoms with Crippen LogP contribution in [0.25, 0.3) is 0 Å². The second-order valence-corrected chi connectivity index (χ2v) is 6.48. The Morgan fingerprint density at radius 1 is 1.24 bits per heavy atom. The van der Waals surface area contributed by atoms with Crippen LogP contribution in [0.15, 0.2) is 24.3 Å². The minimum atomic E-state index is -0.248. The van der Waals surface area contributed by atoms with Crippen LogP contribution in [0.4, 0.5) is 4.39 Å². The van der Waals surface area contributed by atoms with Crippen LogP contribution in [0.1, 0.15) is 43.7 Å². The summed E-state index contributed by atoms with van der Waals surface area (Å²) in [6.07, 6.45) is 4.53. The van der Waals surface area contributed by atoms with Crippen LogP contribution in [-0.4, -0.2) is 50.2 Å². The van der Waals surface area contributed by atoms with Gasteiger partial charge in [0.05, 0.1) is 19.3 Å². The highest BCUT2D eigenvalue weighted by molar-refractivity contribution is 5.75. The summed E-state index contributed by atoms with van der Waals surface area (Å²) in [6, 6.07) is 6.61. The molecule has 0 radical (unpaired) electrons. The number of hydrogen-bond donors (Lipinski definition) is 2. The molecule has 1 heterocycles. The van der Waals surface area contributed by atoms with Crippen molar-refractivity contribution in [3.8, 4) is 0 Å². The van der Waals surface area contributed by atoms with Crippen LogP contribution in [0.5, 0.6) is 0 Å². The maximum Gasteiger partial charge on any atom is 0.220 e. The number of nitrogens with one attached hydrogen (secondary N) is 1. The Kier molecular flexibility index (Phi) is 8.86. The number of benzene rings is 1. The highest BCUT2D eigenvalue weighted by Gasteiger charge is 2.23. The molecule has 0 saturated carbocycles. The van der Waals surface area contributed by atoms with Crippen molar-refractivity contribution in [1.29, 1.82) is 0 Å². The number of amides is 1. The van der Waals surface area contributed by atoms with E-state index in [0.717, 1.165) is 44.3 Å². The van der Waals surface area contributed by atoms with Crippen LogP contribution >= 0.6 is 0 Å². The van der Waals surface area contributed by atoms with Gasteiger partial charge in [-0.2, -0.15) is 0 Å². The lowest BCUT2D eigenvalue weighted by atomic mass is 10.0. The molecule has 1 saturated heterocycles. The van der Waals surface area contributed by atoms with Gasteiger partial charge in [0.25, 0.3) is 0 Å². The number of unbranched alkanes of at least 4 members (excludes halogenated alkanes) is 3. The minimum Gasteiger partial charge on any atom is -0.379 e.